The minimum absolute atomic E-state index is 0.0952. The molecule has 0 aromatic heterocycles. The third kappa shape index (κ3) is 4.08. The van der Waals surface area contributed by atoms with Gasteiger partial charge in [-0.3, -0.25) is 10.1 Å². The van der Waals surface area contributed by atoms with E-state index in [1.165, 1.54) is 30.3 Å². The Morgan fingerprint density at radius 3 is 2.53 bits per heavy atom. The van der Waals surface area contributed by atoms with Crippen LogP contribution in [0.25, 0.3) is 0 Å². The second-order valence-corrected chi connectivity index (χ2v) is 9.63. The maximum absolute atomic E-state index is 15.2. The molecule has 0 amide bonds. The van der Waals surface area contributed by atoms with Gasteiger partial charge < -0.3 is 10.2 Å². The Morgan fingerprint density at radius 2 is 1.97 bits per heavy atom. The van der Waals surface area contributed by atoms with Gasteiger partial charge in [-0.05, 0) is 35.6 Å². The van der Waals surface area contributed by atoms with Gasteiger partial charge in [0.25, 0.3) is 0 Å². The number of rotatable bonds is 6. The molecular formula is C23H22Cl2F2N2O3. The first-order chi connectivity index (χ1) is 15.0. The van der Waals surface area contributed by atoms with Gasteiger partial charge in [-0.15, -0.1) is 0 Å². The van der Waals surface area contributed by atoms with E-state index in [1.54, 1.807) is 13.8 Å². The molecule has 170 valence electrons. The molecule has 2 aromatic rings. The summed E-state index contributed by atoms with van der Waals surface area (Å²) in [5.41, 5.74) is -2.80. The molecule has 32 heavy (non-hydrogen) atoms. The molecule has 1 saturated heterocycles. The van der Waals surface area contributed by atoms with E-state index in [0.29, 0.717) is 0 Å². The van der Waals surface area contributed by atoms with Crippen molar-refractivity contribution in [1.29, 1.82) is 5.26 Å². The Hall–Kier alpha value is -2.24. The first-order valence-electron chi connectivity index (χ1n) is 9.89. The van der Waals surface area contributed by atoms with Crippen molar-refractivity contribution in [2.75, 3.05) is 6.61 Å². The lowest BCUT2D eigenvalue weighted by molar-refractivity contribution is -0.139. The van der Waals surface area contributed by atoms with E-state index in [9.17, 15) is 20.3 Å². The standard InChI is InChI=1S/C23H22Cl2F2N2O3/c1-22(2,11-30)9-17-23(10-28,14-7-6-12(24)8-16(14)26)18(20(29-17)21(31)32)13-4-3-5-15(25)19(13)27/h3-8,17-18,20,29-30H,9,11H2,1-2H3,(H,31,32)/t17-,18-,20-,23+/m0/s1. The predicted octanol–water partition coefficient (Wildman–Crippen LogP) is 4.65. The molecular weight excluding hydrogens is 461 g/mol. The van der Waals surface area contributed by atoms with Crippen LogP contribution in [0, 0.1) is 28.4 Å². The summed E-state index contributed by atoms with van der Waals surface area (Å²) >= 11 is 11.9. The molecule has 0 saturated carbocycles. The Labute approximate surface area is 194 Å². The SMILES string of the molecule is CC(C)(CO)C[C@@H]1N[C@H](C(=O)O)[C@H](c2cccc(Cl)c2F)[C@]1(C#N)c1ccc(Cl)cc1F. The van der Waals surface area contributed by atoms with Gasteiger partial charge in [-0.1, -0.05) is 55.2 Å². The number of hydrogen-bond donors (Lipinski definition) is 3. The van der Waals surface area contributed by atoms with Gasteiger partial charge in [0.05, 0.1) is 11.1 Å². The maximum atomic E-state index is 15.2. The van der Waals surface area contributed by atoms with Gasteiger partial charge in [0.2, 0.25) is 0 Å². The van der Waals surface area contributed by atoms with E-state index >= 15 is 8.78 Å². The number of halogens is 4. The van der Waals surface area contributed by atoms with Crippen molar-refractivity contribution in [1.82, 2.24) is 5.32 Å². The average molecular weight is 483 g/mol. The number of aliphatic hydroxyl groups is 1. The van der Waals surface area contributed by atoms with E-state index in [4.69, 9.17) is 23.2 Å². The fourth-order valence-electron chi connectivity index (χ4n) is 4.55. The highest BCUT2D eigenvalue weighted by molar-refractivity contribution is 6.31. The highest BCUT2D eigenvalue weighted by Gasteiger charge is 2.61. The van der Waals surface area contributed by atoms with Gasteiger partial charge >= 0.3 is 5.97 Å². The number of carbonyl (C=O) groups is 1. The van der Waals surface area contributed by atoms with Crippen LogP contribution in [0.1, 0.15) is 37.3 Å². The van der Waals surface area contributed by atoms with E-state index in [1.807, 2.05) is 0 Å². The smallest absolute Gasteiger partial charge is 0.321 e. The molecule has 1 fully saturated rings. The molecule has 0 bridgehead atoms. The quantitative estimate of drug-likeness (QED) is 0.556. The lowest BCUT2D eigenvalue weighted by Gasteiger charge is -2.37. The molecule has 0 aliphatic carbocycles. The van der Waals surface area contributed by atoms with Crippen molar-refractivity contribution in [3.8, 4) is 6.07 Å². The summed E-state index contributed by atoms with van der Waals surface area (Å²) in [6.07, 6.45) is 0.113. The van der Waals surface area contributed by atoms with Crippen molar-refractivity contribution in [2.24, 2.45) is 5.41 Å². The van der Waals surface area contributed by atoms with E-state index < -0.39 is 46.4 Å². The van der Waals surface area contributed by atoms with Gasteiger partial charge in [-0.25, -0.2) is 8.78 Å². The highest BCUT2D eigenvalue weighted by Crippen LogP contribution is 2.52. The number of nitriles is 1. The van der Waals surface area contributed by atoms with Crippen LogP contribution in [0.5, 0.6) is 0 Å². The Morgan fingerprint density at radius 1 is 1.28 bits per heavy atom. The lowest BCUT2D eigenvalue weighted by Crippen LogP contribution is -2.45. The van der Waals surface area contributed by atoms with Crippen molar-refractivity contribution in [2.45, 2.75) is 43.7 Å². The summed E-state index contributed by atoms with van der Waals surface area (Å²) < 4.78 is 30.4. The summed E-state index contributed by atoms with van der Waals surface area (Å²) in [4.78, 5) is 12.2. The molecule has 3 rings (SSSR count). The molecule has 1 aliphatic rings. The molecule has 0 radical (unpaired) electrons. The van der Waals surface area contributed by atoms with Crippen molar-refractivity contribution >= 4 is 29.2 Å². The minimum atomic E-state index is -1.84. The fourth-order valence-corrected chi connectivity index (χ4v) is 4.89. The third-order valence-electron chi connectivity index (χ3n) is 6.08. The zero-order chi connectivity index (χ0) is 23.8. The Bertz CT molecular complexity index is 1090. The molecule has 1 aliphatic heterocycles. The van der Waals surface area contributed by atoms with Gasteiger partial charge in [0.1, 0.15) is 23.1 Å². The van der Waals surface area contributed by atoms with Crippen LogP contribution in [0.3, 0.4) is 0 Å². The summed E-state index contributed by atoms with van der Waals surface area (Å²) in [6.45, 7) is 3.21. The highest BCUT2D eigenvalue weighted by atomic mass is 35.5. The second-order valence-electron chi connectivity index (χ2n) is 8.79. The van der Waals surface area contributed by atoms with E-state index in [-0.39, 0.29) is 34.2 Å². The maximum Gasteiger partial charge on any atom is 0.321 e. The molecule has 9 heteroatoms. The lowest BCUT2D eigenvalue weighted by atomic mass is 9.62. The number of hydrogen-bond acceptors (Lipinski definition) is 4. The number of carboxylic acids is 1. The first kappa shape index (κ1) is 24.4. The van der Waals surface area contributed by atoms with E-state index in [2.05, 4.69) is 11.4 Å². The number of carboxylic acid groups (broad SMARTS) is 1. The molecule has 0 unspecified atom stereocenters. The summed E-state index contributed by atoms with van der Waals surface area (Å²) in [5.74, 6) is -4.33. The van der Waals surface area contributed by atoms with Crippen molar-refractivity contribution in [3.05, 3.63) is 69.2 Å². The number of aliphatic carboxylic acids is 1. The fraction of sp³-hybridized carbons (Fsp3) is 0.391. The Balaban J connectivity index is 2.37. The molecule has 0 spiro atoms. The zero-order valence-corrected chi connectivity index (χ0v) is 18.9. The number of aliphatic hydroxyl groups excluding tert-OH is 1. The zero-order valence-electron chi connectivity index (χ0n) is 17.4. The van der Waals surface area contributed by atoms with Gasteiger partial charge in [0, 0.05) is 29.2 Å². The molecule has 3 N–H and O–H groups in total. The van der Waals surface area contributed by atoms with Crippen LogP contribution in [0.15, 0.2) is 36.4 Å². The molecule has 5 nitrogen and oxygen atoms in total. The van der Waals surface area contributed by atoms with E-state index in [0.717, 1.165) is 6.07 Å². The van der Waals surface area contributed by atoms with Crippen molar-refractivity contribution < 1.29 is 23.8 Å². The number of nitrogens with zero attached hydrogens (tertiary/aromatic N) is 1. The van der Waals surface area contributed by atoms with Crippen LogP contribution >= 0.6 is 23.2 Å². The summed E-state index contributed by atoms with van der Waals surface area (Å²) in [5, 5.41) is 33.0. The number of nitrogens with one attached hydrogen (secondary N) is 1. The van der Waals surface area contributed by atoms with Crippen LogP contribution in [-0.2, 0) is 10.2 Å². The topological polar surface area (TPSA) is 93.3 Å². The van der Waals surface area contributed by atoms with Crippen LogP contribution in [-0.4, -0.2) is 34.9 Å². The Kier molecular flexibility index (Phi) is 6.83. The third-order valence-corrected chi connectivity index (χ3v) is 6.61. The number of benzene rings is 2. The van der Waals surface area contributed by atoms with Crippen LogP contribution in [0.2, 0.25) is 10.0 Å². The average Bonchev–Trinajstić information content (AvgIpc) is 3.04. The largest absolute Gasteiger partial charge is 0.480 e. The summed E-state index contributed by atoms with van der Waals surface area (Å²) in [7, 11) is 0. The van der Waals surface area contributed by atoms with Crippen LogP contribution in [0.4, 0.5) is 8.78 Å². The van der Waals surface area contributed by atoms with Crippen molar-refractivity contribution in [3.63, 3.8) is 0 Å². The summed E-state index contributed by atoms with van der Waals surface area (Å²) in [6, 6.07) is 7.63. The predicted molar refractivity (Wildman–Crippen MR) is 117 cm³/mol. The monoisotopic (exact) mass is 482 g/mol. The van der Waals surface area contributed by atoms with Gasteiger partial charge in [-0.2, -0.15) is 5.26 Å². The molecule has 2 aromatic carbocycles. The molecule has 4 atom stereocenters. The normalized spacial score (nSPS) is 25.5. The molecule has 1 heterocycles. The second kappa shape index (κ2) is 8.95. The van der Waals surface area contributed by atoms with Crippen LogP contribution < -0.4 is 5.32 Å². The van der Waals surface area contributed by atoms with Gasteiger partial charge in [0.15, 0.2) is 0 Å². The minimum Gasteiger partial charge on any atom is -0.480 e. The first-order valence-corrected chi connectivity index (χ1v) is 10.6.